The van der Waals surface area contributed by atoms with Gasteiger partial charge in [-0.25, -0.2) is 13.1 Å². The SMILES string of the molecule is CCCC(C)(C)NS(=O)(=O)c1cc(CO)cc(C)c1Br. The molecule has 0 unspecified atom stereocenters. The molecule has 0 aliphatic heterocycles. The first-order chi connectivity index (χ1) is 9.13. The second kappa shape index (κ2) is 6.56. The third-order valence-corrected chi connectivity index (χ3v) is 6.08. The number of aryl methyl sites for hydroxylation is 1. The van der Waals surface area contributed by atoms with Crippen LogP contribution < -0.4 is 4.72 Å². The molecule has 2 N–H and O–H groups in total. The summed E-state index contributed by atoms with van der Waals surface area (Å²) in [6.07, 6.45) is 1.65. The van der Waals surface area contributed by atoms with Crippen LogP contribution in [0.2, 0.25) is 0 Å². The number of rotatable bonds is 6. The van der Waals surface area contributed by atoms with Crippen molar-refractivity contribution in [3.63, 3.8) is 0 Å². The third kappa shape index (κ3) is 4.28. The number of aliphatic hydroxyl groups is 1. The Balaban J connectivity index is 3.25. The minimum absolute atomic E-state index is 0.172. The summed E-state index contributed by atoms with van der Waals surface area (Å²) in [4.78, 5) is 0.172. The minimum atomic E-state index is -3.63. The number of nitrogens with one attached hydrogen (secondary N) is 1. The van der Waals surface area contributed by atoms with Crippen LogP contribution in [0.4, 0.5) is 0 Å². The highest BCUT2D eigenvalue weighted by Crippen LogP contribution is 2.28. The normalized spacial score (nSPS) is 12.7. The summed E-state index contributed by atoms with van der Waals surface area (Å²) in [5, 5.41) is 9.23. The average molecular weight is 364 g/mol. The van der Waals surface area contributed by atoms with Gasteiger partial charge >= 0.3 is 0 Å². The molecule has 114 valence electrons. The highest BCUT2D eigenvalue weighted by atomic mass is 79.9. The molecule has 0 aliphatic carbocycles. The molecule has 0 aromatic heterocycles. The summed E-state index contributed by atoms with van der Waals surface area (Å²) in [6, 6.07) is 3.27. The fourth-order valence-corrected chi connectivity index (χ4v) is 4.70. The van der Waals surface area contributed by atoms with Crippen LogP contribution in [0.5, 0.6) is 0 Å². The van der Waals surface area contributed by atoms with Gasteiger partial charge in [0.1, 0.15) is 0 Å². The van der Waals surface area contributed by atoms with Gasteiger partial charge in [0.05, 0.1) is 11.5 Å². The van der Waals surface area contributed by atoms with E-state index in [1.54, 1.807) is 13.0 Å². The Hall–Kier alpha value is -0.430. The Bertz CT molecular complexity index is 582. The fraction of sp³-hybridized carbons (Fsp3) is 0.571. The maximum atomic E-state index is 12.5. The van der Waals surface area contributed by atoms with Crippen LogP contribution in [-0.4, -0.2) is 19.1 Å². The summed E-state index contributed by atoms with van der Waals surface area (Å²) in [5.41, 5.74) is 0.862. The number of sulfonamides is 1. The van der Waals surface area contributed by atoms with Crippen molar-refractivity contribution in [2.24, 2.45) is 0 Å². The number of hydrogen-bond acceptors (Lipinski definition) is 3. The summed E-state index contributed by atoms with van der Waals surface area (Å²) in [7, 11) is -3.63. The first kappa shape index (κ1) is 17.6. The van der Waals surface area contributed by atoms with Crippen molar-refractivity contribution in [1.29, 1.82) is 0 Å². The Morgan fingerprint density at radius 1 is 1.35 bits per heavy atom. The molecule has 4 nitrogen and oxygen atoms in total. The van der Waals surface area contributed by atoms with Crippen molar-refractivity contribution >= 4 is 26.0 Å². The molecule has 0 amide bonds. The molecule has 0 atom stereocenters. The highest BCUT2D eigenvalue weighted by Gasteiger charge is 2.27. The van der Waals surface area contributed by atoms with Gasteiger partial charge in [-0.1, -0.05) is 19.4 Å². The molecule has 0 bridgehead atoms. The van der Waals surface area contributed by atoms with E-state index < -0.39 is 15.6 Å². The standard InChI is InChI=1S/C14H22BrNO3S/c1-5-6-14(3,4)16-20(18,19)12-8-11(9-17)7-10(2)13(12)15/h7-8,16-17H,5-6,9H2,1-4H3. The van der Waals surface area contributed by atoms with Gasteiger partial charge in [-0.15, -0.1) is 0 Å². The molecule has 0 fully saturated rings. The Morgan fingerprint density at radius 2 is 1.95 bits per heavy atom. The number of aliphatic hydroxyl groups excluding tert-OH is 1. The van der Waals surface area contributed by atoms with Gasteiger partial charge in [0.15, 0.2) is 0 Å². The lowest BCUT2D eigenvalue weighted by Crippen LogP contribution is -2.43. The van der Waals surface area contributed by atoms with Crippen molar-refractivity contribution in [2.75, 3.05) is 0 Å². The first-order valence-electron chi connectivity index (χ1n) is 6.57. The Kier molecular flexibility index (Phi) is 5.78. The van der Waals surface area contributed by atoms with Gasteiger partial charge in [0, 0.05) is 10.0 Å². The van der Waals surface area contributed by atoms with Crippen molar-refractivity contribution in [3.8, 4) is 0 Å². The van der Waals surface area contributed by atoms with Crippen LogP contribution in [-0.2, 0) is 16.6 Å². The molecule has 1 aromatic carbocycles. The third-order valence-electron chi connectivity index (χ3n) is 3.04. The molecule has 0 heterocycles. The second-order valence-corrected chi connectivity index (χ2v) is 8.07. The maximum absolute atomic E-state index is 12.5. The van der Waals surface area contributed by atoms with Gasteiger partial charge < -0.3 is 5.11 Å². The van der Waals surface area contributed by atoms with Crippen LogP contribution in [0.25, 0.3) is 0 Å². The summed E-state index contributed by atoms with van der Waals surface area (Å²) in [6.45, 7) is 7.37. The molecule has 0 radical (unpaired) electrons. The molecule has 1 rings (SSSR count). The first-order valence-corrected chi connectivity index (χ1v) is 8.84. The lowest BCUT2D eigenvalue weighted by atomic mass is 10.0. The summed E-state index contributed by atoms with van der Waals surface area (Å²) in [5.74, 6) is 0. The smallest absolute Gasteiger partial charge is 0.242 e. The Labute approximate surface area is 129 Å². The van der Waals surface area contributed by atoms with E-state index in [1.165, 1.54) is 6.07 Å². The lowest BCUT2D eigenvalue weighted by molar-refractivity contribution is 0.281. The van der Waals surface area contributed by atoms with Crippen molar-refractivity contribution in [3.05, 3.63) is 27.7 Å². The summed E-state index contributed by atoms with van der Waals surface area (Å²) >= 11 is 3.33. The molecule has 6 heteroatoms. The fourth-order valence-electron chi connectivity index (χ4n) is 2.19. The van der Waals surface area contributed by atoms with E-state index in [0.717, 1.165) is 18.4 Å². The molecule has 0 saturated heterocycles. The zero-order valence-corrected chi connectivity index (χ0v) is 14.7. The average Bonchev–Trinajstić information content (AvgIpc) is 2.30. The van der Waals surface area contributed by atoms with Gasteiger partial charge in [-0.2, -0.15) is 0 Å². The number of halogens is 1. The van der Waals surface area contributed by atoms with E-state index in [-0.39, 0.29) is 11.5 Å². The van der Waals surface area contributed by atoms with Crippen LogP contribution >= 0.6 is 15.9 Å². The van der Waals surface area contributed by atoms with Gasteiger partial charge in [0.2, 0.25) is 10.0 Å². The highest BCUT2D eigenvalue weighted by molar-refractivity contribution is 9.10. The molecular formula is C14H22BrNO3S. The number of hydrogen-bond donors (Lipinski definition) is 2. The summed E-state index contributed by atoms with van der Waals surface area (Å²) < 4.78 is 28.3. The van der Waals surface area contributed by atoms with Crippen LogP contribution in [0.1, 0.15) is 44.7 Å². The quantitative estimate of drug-likeness (QED) is 0.815. The van der Waals surface area contributed by atoms with E-state index in [1.807, 2.05) is 20.8 Å². The second-order valence-electron chi connectivity index (χ2n) is 5.62. The maximum Gasteiger partial charge on any atom is 0.242 e. The predicted molar refractivity (Wildman–Crippen MR) is 84.1 cm³/mol. The monoisotopic (exact) mass is 363 g/mol. The molecule has 0 saturated carbocycles. The predicted octanol–water partition coefficient (Wildman–Crippen LogP) is 3.11. The van der Waals surface area contributed by atoms with Crippen molar-refractivity contribution in [1.82, 2.24) is 4.72 Å². The van der Waals surface area contributed by atoms with E-state index in [4.69, 9.17) is 0 Å². The van der Waals surface area contributed by atoms with Gasteiger partial charge in [-0.3, -0.25) is 0 Å². The zero-order valence-electron chi connectivity index (χ0n) is 12.3. The largest absolute Gasteiger partial charge is 0.392 e. The zero-order chi connectivity index (χ0) is 15.6. The topological polar surface area (TPSA) is 66.4 Å². The van der Waals surface area contributed by atoms with Crippen molar-refractivity contribution in [2.45, 2.75) is 57.6 Å². The molecular weight excluding hydrogens is 342 g/mol. The van der Waals surface area contributed by atoms with Crippen LogP contribution in [0.3, 0.4) is 0 Å². The van der Waals surface area contributed by atoms with E-state index in [2.05, 4.69) is 20.7 Å². The molecule has 20 heavy (non-hydrogen) atoms. The molecule has 0 spiro atoms. The number of benzene rings is 1. The van der Waals surface area contributed by atoms with Gasteiger partial charge in [-0.05, 0) is 60.3 Å². The molecule has 1 aromatic rings. The molecule has 0 aliphatic rings. The van der Waals surface area contributed by atoms with Gasteiger partial charge in [0.25, 0.3) is 0 Å². The van der Waals surface area contributed by atoms with Crippen LogP contribution in [0, 0.1) is 6.92 Å². The van der Waals surface area contributed by atoms with E-state index >= 15 is 0 Å². The van der Waals surface area contributed by atoms with Crippen LogP contribution in [0.15, 0.2) is 21.5 Å². The van der Waals surface area contributed by atoms with Crippen molar-refractivity contribution < 1.29 is 13.5 Å². The lowest BCUT2D eigenvalue weighted by Gasteiger charge is -2.26. The van der Waals surface area contributed by atoms with E-state index in [0.29, 0.717) is 10.0 Å². The minimum Gasteiger partial charge on any atom is -0.392 e. The van der Waals surface area contributed by atoms with E-state index in [9.17, 15) is 13.5 Å². The Morgan fingerprint density at radius 3 is 2.45 bits per heavy atom.